The summed E-state index contributed by atoms with van der Waals surface area (Å²) in [5.74, 6) is -0.908. The van der Waals surface area contributed by atoms with Crippen molar-refractivity contribution in [1.29, 1.82) is 0 Å². The van der Waals surface area contributed by atoms with Crippen LogP contribution in [0, 0.1) is 0 Å². The topological polar surface area (TPSA) is 126 Å². The second-order valence-corrected chi connectivity index (χ2v) is 7.35. The van der Waals surface area contributed by atoms with Crippen LogP contribution in [0.5, 0.6) is 11.5 Å². The maximum atomic E-state index is 12.7. The molecule has 0 bridgehead atoms. The van der Waals surface area contributed by atoms with Gasteiger partial charge >= 0.3 is 11.7 Å². The van der Waals surface area contributed by atoms with Crippen LogP contribution in [0.1, 0.15) is 54.3 Å². The SMILES string of the molecule is COC(=O)N/C=C/CC[C@@H](C)c1cc(O)c(C(=O)/C(C)=C/C=C/c2cccc(O)c2)c(=O)o1. The summed E-state index contributed by atoms with van der Waals surface area (Å²) >= 11 is 0. The minimum absolute atomic E-state index is 0.125. The Morgan fingerprint density at radius 2 is 2.00 bits per heavy atom. The fourth-order valence-corrected chi connectivity index (χ4v) is 2.91. The van der Waals surface area contributed by atoms with Gasteiger partial charge in [0, 0.05) is 18.2 Å². The van der Waals surface area contributed by atoms with Crippen LogP contribution in [-0.4, -0.2) is 29.2 Å². The van der Waals surface area contributed by atoms with Crippen LogP contribution in [0.3, 0.4) is 0 Å². The first kappa shape index (κ1) is 25.2. The van der Waals surface area contributed by atoms with E-state index in [9.17, 15) is 24.6 Å². The summed E-state index contributed by atoms with van der Waals surface area (Å²) in [6.45, 7) is 3.34. The van der Waals surface area contributed by atoms with Crippen molar-refractivity contribution in [1.82, 2.24) is 5.32 Å². The number of phenols is 1. The number of carbonyl (C=O) groups excluding carboxylic acids is 2. The van der Waals surface area contributed by atoms with Crippen molar-refractivity contribution >= 4 is 18.0 Å². The Balaban J connectivity index is 2.08. The molecule has 3 N–H and O–H groups in total. The zero-order chi connectivity index (χ0) is 24.4. The molecule has 0 saturated carbocycles. The summed E-state index contributed by atoms with van der Waals surface area (Å²) in [7, 11) is 1.26. The Labute approximate surface area is 191 Å². The molecule has 0 aliphatic heterocycles. The number of amides is 1. The van der Waals surface area contributed by atoms with Gasteiger partial charge in [-0.2, -0.15) is 0 Å². The number of ketones is 1. The molecular weight excluding hydrogens is 426 g/mol. The lowest BCUT2D eigenvalue weighted by atomic mass is 10.00. The summed E-state index contributed by atoms with van der Waals surface area (Å²) in [6, 6.07) is 7.87. The first-order valence-corrected chi connectivity index (χ1v) is 10.3. The predicted octanol–water partition coefficient (Wildman–Crippen LogP) is 4.65. The number of allylic oxidation sites excluding steroid dienone is 4. The van der Waals surface area contributed by atoms with Crippen molar-refractivity contribution in [3.63, 3.8) is 0 Å². The molecule has 2 aromatic rings. The highest BCUT2D eigenvalue weighted by Gasteiger charge is 2.21. The smallest absolute Gasteiger partial charge is 0.410 e. The van der Waals surface area contributed by atoms with Crippen LogP contribution in [0.15, 0.2) is 69.5 Å². The number of ether oxygens (including phenoxy) is 1. The third kappa shape index (κ3) is 7.53. The first-order chi connectivity index (χ1) is 15.7. The molecule has 8 heteroatoms. The van der Waals surface area contributed by atoms with E-state index in [0.717, 1.165) is 5.56 Å². The molecule has 0 saturated heterocycles. The number of alkyl carbamates (subject to hydrolysis) is 1. The molecule has 0 unspecified atom stereocenters. The molecule has 0 radical (unpaired) electrons. The number of hydrogen-bond acceptors (Lipinski definition) is 7. The quantitative estimate of drug-likeness (QED) is 0.287. The van der Waals surface area contributed by atoms with Crippen molar-refractivity contribution in [2.45, 2.75) is 32.6 Å². The fraction of sp³-hybridized carbons (Fsp3) is 0.240. The second-order valence-electron chi connectivity index (χ2n) is 7.35. The van der Waals surface area contributed by atoms with Crippen molar-refractivity contribution in [2.24, 2.45) is 0 Å². The molecule has 0 fully saturated rings. The molecule has 1 amide bonds. The molecule has 2 rings (SSSR count). The van der Waals surface area contributed by atoms with E-state index >= 15 is 0 Å². The predicted molar refractivity (Wildman–Crippen MR) is 124 cm³/mol. The second kappa shape index (κ2) is 12.1. The van der Waals surface area contributed by atoms with Crippen LogP contribution in [0.25, 0.3) is 6.08 Å². The Bertz CT molecular complexity index is 1140. The van der Waals surface area contributed by atoms with Gasteiger partial charge in [0.15, 0.2) is 5.78 Å². The normalized spacial score (nSPS) is 12.8. The standard InChI is InChI=1S/C25H27NO7/c1-16(8-4-5-13-26-25(31)32-3)21-15-20(28)22(24(30)33-21)23(29)17(2)9-6-10-18-11-7-12-19(27)14-18/h5-7,9-16,27-28H,4,8H2,1-3H3,(H,26,31)/b10-6+,13-5+,17-9+/t16-/m1/s1. The fourth-order valence-electron chi connectivity index (χ4n) is 2.91. The molecular formula is C25H27NO7. The summed E-state index contributed by atoms with van der Waals surface area (Å²) < 4.78 is 9.74. The summed E-state index contributed by atoms with van der Waals surface area (Å²) in [4.78, 5) is 36.1. The molecule has 33 heavy (non-hydrogen) atoms. The largest absolute Gasteiger partial charge is 0.508 e. The minimum atomic E-state index is -0.908. The average Bonchev–Trinajstić information content (AvgIpc) is 2.77. The van der Waals surface area contributed by atoms with Crippen molar-refractivity contribution in [2.75, 3.05) is 7.11 Å². The van der Waals surface area contributed by atoms with Crippen molar-refractivity contribution in [3.8, 4) is 11.5 Å². The highest BCUT2D eigenvalue weighted by atomic mass is 16.5. The minimum Gasteiger partial charge on any atom is -0.508 e. The number of phenolic OH excluding ortho intramolecular Hbond substituents is 1. The van der Waals surface area contributed by atoms with E-state index in [2.05, 4.69) is 10.1 Å². The molecule has 1 aromatic carbocycles. The summed E-state index contributed by atoms with van der Waals surface area (Å²) in [5, 5.41) is 22.2. The summed E-state index contributed by atoms with van der Waals surface area (Å²) in [5.41, 5.74) is -0.358. The number of rotatable bonds is 9. The maximum Gasteiger partial charge on any atom is 0.410 e. The number of carbonyl (C=O) groups is 2. The average molecular weight is 453 g/mol. The molecule has 0 aliphatic rings. The number of methoxy groups -OCH3 is 1. The van der Waals surface area contributed by atoms with Crippen LogP contribution in [0.2, 0.25) is 0 Å². The van der Waals surface area contributed by atoms with Gasteiger partial charge in [0.2, 0.25) is 0 Å². The van der Waals surface area contributed by atoms with Crippen LogP contribution in [0.4, 0.5) is 4.79 Å². The van der Waals surface area contributed by atoms with E-state index in [1.807, 2.05) is 6.92 Å². The molecule has 174 valence electrons. The molecule has 1 atom stereocenters. The van der Waals surface area contributed by atoms with E-state index in [1.165, 1.54) is 32.4 Å². The molecule has 0 aliphatic carbocycles. The van der Waals surface area contributed by atoms with Gasteiger partial charge in [-0.25, -0.2) is 9.59 Å². The molecule has 1 heterocycles. The number of nitrogens with one attached hydrogen (secondary N) is 1. The van der Waals surface area contributed by atoms with Gasteiger partial charge in [0.05, 0.1) is 7.11 Å². The first-order valence-electron chi connectivity index (χ1n) is 10.3. The zero-order valence-corrected chi connectivity index (χ0v) is 18.7. The van der Waals surface area contributed by atoms with Gasteiger partial charge in [0.25, 0.3) is 0 Å². The molecule has 1 aromatic heterocycles. The van der Waals surface area contributed by atoms with E-state index in [-0.39, 0.29) is 23.0 Å². The number of Topliss-reactive ketones (excluding diaryl/α,β-unsaturated/α-hetero) is 1. The lowest BCUT2D eigenvalue weighted by Gasteiger charge is -2.11. The van der Waals surface area contributed by atoms with E-state index in [4.69, 9.17) is 4.42 Å². The Morgan fingerprint density at radius 1 is 1.24 bits per heavy atom. The number of hydrogen-bond donors (Lipinski definition) is 3. The third-order valence-electron chi connectivity index (χ3n) is 4.80. The van der Waals surface area contributed by atoms with Gasteiger partial charge in [-0.3, -0.25) is 10.1 Å². The van der Waals surface area contributed by atoms with Gasteiger partial charge in [0.1, 0.15) is 22.8 Å². The number of aromatic hydroxyl groups is 2. The summed E-state index contributed by atoms with van der Waals surface area (Å²) in [6.07, 6.45) is 8.57. The monoisotopic (exact) mass is 453 g/mol. The van der Waals surface area contributed by atoms with Crippen LogP contribution >= 0.6 is 0 Å². The molecule has 0 spiro atoms. The van der Waals surface area contributed by atoms with E-state index in [1.54, 1.807) is 42.5 Å². The van der Waals surface area contributed by atoms with Crippen LogP contribution < -0.4 is 10.9 Å². The Hall–Kier alpha value is -4.07. The zero-order valence-electron chi connectivity index (χ0n) is 18.7. The third-order valence-corrected chi connectivity index (χ3v) is 4.80. The van der Waals surface area contributed by atoms with Crippen molar-refractivity contribution < 1.29 is 29.0 Å². The van der Waals surface area contributed by atoms with Gasteiger partial charge in [-0.15, -0.1) is 0 Å². The van der Waals surface area contributed by atoms with E-state index < -0.39 is 28.8 Å². The maximum absolute atomic E-state index is 12.7. The van der Waals surface area contributed by atoms with Gasteiger partial charge < -0.3 is 19.4 Å². The highest BCUT2D eigenvalue weighted by molar-refractivity contribution is 6.09. The molecule has 8 nitrogen and oxygen atoms in total. The Kier molecular flexibility index (Phi) is 9.23. The Morgan fingerprint density at radius 3 is 2.67 bits per heavy atom. The van der Waals surface area contributed by atoms with Crippen LogP contribution in [-0.2, 0) is 4.74 Å². The highest BCUT2D eigenvalue weighted by Crippen LogP contribution is 2.26. The lowest BCUT2D eigenvalue weighted by molar-refractivity contribution is 0.102. The number of benzene rings is 1. The van der Waals surface area contributed by atoms with Gasteiger partial charge in [-0.05, 0) is 43.0 Å². The van der Waals surface area contributed by atoms with E-state index in [0.29, 0.717) is 12.8 Å². The lowest BCUT2D eigenvalue weighted by Crippen LogP contribution is -2.16. The van der Waals surface area contributed by atoms with Crippen molar-refractivity contribution in [3.05, 3.63) is 87.6 Å². The van der Waals surface area contributed by atoms with Gasteiger partial charge in [-0.1, -0.05) is 43.4 Å².